The van der Waals surface area contributed by atoms with Crippen molar-refractivity contribution >= 4 is 11.8 Å². The molecule has 82 valence electrons. The van der Waals surface area contributed by atoms with E-state index in [-0.39, 0.29) is 24.2 Å². The van der Waals surface area contributed by atoms with Crippen molar-refractivity contribution in [1.29, 1.82) is 5.26 Å². The standard InChI is InChI=1S/C10H15N3O2/c1-7(10(15)12(2)3)13-6-8(5-11)4-9(13)14/h7-8H,4,6H2,1-3H3. The normalized spacial score (nSPS) is 22.4. The Morgan fingerprint density at radius 1 is 1.67 bits per heavy atom. The van der Waals surface area contributed by atoms with Crippen LogP contribution in [0.5, 0.6) is 0 Å². The fourth-order valence-corrected chi connectivity index (χ4v) is 1.70. The number of nitriles is 1. The lowest BCUT2D eigenvalue weighted by atomic mass is 10.1. The van der Waals surface area contributed by atoms with Gasteiger partial charge in [0.2, 0.25) is 11.8 Å². The van der Waals surface area contributed by atoms with Gasteiger partial charge in [-0.1, -0.05) is 0 Å². The monoisotopic (exact) mass is 209 g/mol. The third-order valence-electron chi connectivity index (χ3n) is 2.61. The third-order valence-corrected chi connectivity index (χ3v) is 2.61. The van der Waals surface area contributed by atoms with Crippen LogP contribution < -0.4 is 0 Å². The number of nitrogens with zero attached hydrogens (tertiary/aromatic N) is 3. The first-order valence-corrected chi connectivity index (χ1v) is 4.87. The van der Waals surface area contributed by atoms with Crippen molar-refractivity contribution in [2.75, 3.05) is 20.6 Å². The van der Waals surface area contributed by atoms with E-state index in [1.165, 1.54) is 9.80 Å². The molecule has 5 heteroatoms. The number of hydrogen-bond donors (Lipinski definition) is 0. The number of carbonyl (C=O) groups is 2. The minimum absolute atomic E-state index is 0.107. The first kappa shape index (κ1) is 11.5. The van der Waals surface area contributed by atoms with Crippen LogP contribution >= 0.6 is 0 Å². The van der Waals surface area contributed by atoms with Crippen LogP contribution in [0.3, 0.4) is 0 Å². The number of carbonyl (C=O) groups excluding carboxylic acids is 2. The molecule has 0 aromatic rings. The van der Waals surface area contributed by atoms with Gasteiger partial charge in [-0.15, -0.1) is 0 Å². The number of likely N-dealkylation sites (tertiary alicyclic amines) is 1. The van der Waals surface area contributed by atoms with Gasteiger partial charge in [0.05, 0.1) is 12.0 Å². The van der Waals surface area contributed by atoms with Crippen LogP contribution in [0.1, 0.15) is 13.3 Å². The molecule has 1 aliphatic heterocycles. The highest BCUT2D eigenvalue weighted by atomic mass is 16.2. The maximum Gasteiger partial charge on any atom is 0.244 e. The van der Waals surface area contributed by atoms with Gasteiger partial charge in [0.25, 0.3) is 0 Å². The molecule has 1 fully saturated rings. The highest BCUT2D eigenvalue weighted by molar-refractivity contribution is 5.88. The summed E-state index contributed by atoms with van der Waals surface area (Å²) in [6.45, 7) is 2.07. The average Bonchev–Trinajstić information content (AvgIpc) is 2.57. The van der Waals surface area contributed by atoms with E-state index in [2.05, 4.69) is 6.07 Å². The summed E-state index contributed by atoms with van der Waals surface area (Å²) in [6.07, 6.45) is 0.238. The summed E-state index contributed by atoms with van der Waals surface area (Å²) in [5.74, 6) is -0.485. The third kappa shape index (κ3) is 2.27. The lowest BCUT2D eigenvalue weighted by Crippen LogP contribution is -2.45. The molecule has 0 aliphatic carbocycles. The van der Waals surface area contributed by atoms with Crippen molar-refractivity contribution < 1.29 is 9.59 Å². The van der Waals surface area contributed by atoms with Crippen LogP contribution in [-0.2, 0) is 9.59 Å². The van der Waals surface area contributed by atoms with Crippen LogP contribution in [-0.4, -0.2) is 48.3 Å². The van der Waals surface area contributed by atoms with Gasteiger partial charge in [-0.25, -0.2) is 0 Å². The maximum atomic E-state index is 11.6. The Labute approximate surface area is 89.3 Å². The fourth-order valence-electron chi connectivity index (χ4n) is 1.70. The molecule has 0 radical (unpaired) electrons. The van der Waals surface area contributed by atoms with Crippen LogP contribution in [0.15, 0.2) is 0 Å². The van der Waals surface area contributed by atoms with Crippen molar-refractivity contribution in [2.24, 2.45) is 5.92 Å². The van der Waals surface area contributed by atoms with E-state index in [4.69, 9.17) is 5.26 Å². The molecule has 0 aromatic carbocycles. The van der Waals surface area contributed by atoms with Crippen LogP contribution in [0.25, 0.3) is 0 Å². The molecule has 2 amide bonds. The molecule has 1 heterocycles. The molecule has 1 saturated heterocycles. The predicted octanol–water partition coefficient (Wildman–Crippen LogP) is -0.165. The highest BCUT2D eigenvalue weighted by Gasteiger charge is 2.35. The van der Waals surface area contributed by atoms with Crippen molar-refractivity contribution in [3.8, 4) is 6.07 Å². The van der Waals surface area contributed by atoms with Gasteiger partial charge in [-0.05, 0) is 6.92 Å². The van der Waals surface area contributed by atoms with Gasteiger partial charge in [-0.3, -0.25) is 9.59 Å². The summed E-state index contributed by atoms with van der Waals surface area (Å²) in [6, 6.07) is 1.59. The molecule has 0 spiro atoms. The topological polar surface area (TPSA) is 64.4 Å². The Morgan fingerprint density at radius 2 is 2.27 bits per heavy atom. The van der Waals surface area contributed by atoms with E-state index in [1.54, 1.807) is 21.0 Å². The summed E-state index contributed by atoms with van der Waals surface area (Å²) < 4.78 is 0. The Bertz CT molecular complexity index is 319. The second-order valence-electron chi connectivity index (χ2n) is 3.98. The second-order valence-corrected chi connectivity index (χ2v) is 3.98. The molecule has 0 saturated carbocycles. The van der Waals surface area contributed by atoms with Crippen LogP contribution in [0, 0.1) is 17.2 Å². The minimum Gasteiger partial charge on any atom is -0.347 e. The Balaban J connectivity index is 2.70. The van der Waals surface area contributed by atoms with Gasteiger partial charge in [0, 0.05) is 27.1 Å². The molecule has 15 heavy (non-hydrogen) atoms. The SMILES string of the molecule is CC(C(=O)N(C)C)N1CC(C#N)CC1=O. The Kier molecular flexibility index (Phi) is 3.30. The summed E-state index contributed by atoms with van der Waals surface area (Å²) in [4.78, 5) is 26.1. The average molecular weight is 209 g/mol. The van der Waals surface area contributed by atoms with Gasteiger partial charge >= 0.3 is 0 Å². The first-order valence-electron chi connectivity index (χ1n) is 4.87. The summed E-state index contributed by atoms with van der Waals surface area (Å²) in [5.41, 5.74) is 0. The van der Waals surface area contributed by atoms with Crippen LogP contribution in [0.2, 0.25) is 0 Å². The van der Waals surface area contributed by atoms with Gasteiger partial charge < -0.3 is 9.80 Å². The van der Waals surface area contributed by atoms with Crippen molar-refractivity contribution in [3.05, 3.63) is 0 Å². The van der Waals surface area contributed by atoms with Crippen molar-refractivity contribution in [2.45, 2.75) is 19.4 Å². The molecule has 2 unspecified atom stereocenters. The molecule has 1 aliphatic rings. The van der Waals surface area contributed by atoms with Crippen molar-refractivity contribution in [3.63, 3.8) is 0 Å². The molecule has 1 rings (SSSR count). The first-order chi connectivity index (χ1) is 6.97. The molecule has 2 atom stereocenters. The molecular formula is C10H15N3O2. The molecule has 0 bridgehead atoms. The van der Waals surface area contributed by atoms with E-state index >= 15 is 0 Å². The summed E-state index contributed by atoms with van der Waals surface area (Å²) in [7, 11) is 3.31. The largest absolute Gasteiger partial charge is 0.347 e. The van der Waals surface area contributed by atoms with Gasteiger partial charge in [0.1, 0.15) is 6.04 Å². The molecule has 0 aromatic heterocycles. The second kappa shape index (κ2) is 4.30. The lowest BCUT2D eigenvalue weighted by Gasteiger charge is -2.25. The number of amides is 2. The lowest BCUT2D eigenvalue weighted by molar-refractivity contribution is -0.141. The smallest absolute Gasteiger partial charge is 0.244 e. The quantitative estimate of drug-likeness (QED) is 0.634. The molecule has 5 nitrogen and oxygen atoms in total. The van der Waals surface area contributed by atoms with E-state index in [9.17, 15) is 9.59 Å². The van der Waals surface area contributed by atoms with Gasteiger partial charge in [0.15, 0.2) is 0 Å². The predicted molar refractivity (Wildman–Crippen MR) is 53.6 cm³/mol. The molecule has 0 N–H and O–H groups in total. The number of likely N-dealkylation sites (N-methyl/N-ethyl adjacent to an activating group) is 1. The van der Waals surface area contributed by atoms with E-state index < -0.39 is 6.04 Å². The molecular weight excluding hydrogens is 194 g/mol. The minimum atomic E-state index is -0.467. The van der Waals surface area contributed by atoms with E-state index in [1.807, 2.05) is 0 Å². The Morgan fingerprint density at radius 3 is 2.67 bits per heavy atom. The van der Waals surface area contributed by atoms with E-state index in [0.717, 1.165) is 0 Å². The van der Waals surface area contributed by atoms with E-state index in [0.29, 0.717) is 6.54 Å². The zero-order valence-electron chi connectivity index (χ0n) is 9.23. The number of rotatable bonds is 2. The maximum absolute atomic E-state index is 11.6. The highest BCUT2D eigenvalue weighted by Crippen LogP contribution is 2.19. The zero-order valence-corrected chi connectivity index (χ0v) is 9.23. The Hall–Kier alpha value is -1.57. The van der Waals surface area contributed by atoms with Crippen molar-refractivity contribution in [1.82, 2.24) is 9.80 Å². The number of hydrogen-bond acceptors (Lipinski definition) is 3. The summed E-state index contributed by atoms with van der Waals surface area (Å²) >= 11 is 0. The van der Waals surface area contributed by atoms with Gasteiger partial charge in [-0.2, -0.15) is 5.26 Å². The fraction of sp³-hybridized carbons (Fsp3) is 0.700. The zero-order chi connectivity index (χ0) is 11.6. The van der Waals surface area contributed by atoms with Crippen LogP contribution in [0.4, 0.5) is 0 Å². The summed E-state index contributed by atoms with van der Waals surface area (Å²) in [5, 5.41) is 8.71.